The highest BCUT2D eigenvalue weighted by molar-refractivity contribution is 7.87. The minimum atomic E-state index is -3.56. The summed E-state index contributed by atoms with van der Waals surface area (Å²) in [5, 5.41) is 0. The number of hydrogen-bond acceptors (Lipinski definition) is 3. The normalized spacial score (nSPS) is 28.5. The van der Waals surface area contributed by atoms with Crippen LogP contribution in [0.3, 0.4) is 0 Å². The van der Waals surface area contributed by atoms with Crippen LogP contribution in [-0.2, 0) is 10.2 Å². The molecule has 0 spiro atoms. The molecule has 0 unspecified atom stereocenters. The molecule has 0 bridgehead atoms. The summed E-state index contributed by atoms with van der Waals surface area (Å²) in [6.07, 6.45) is 3.21. The minimum Gasteiger partial charge on any atom is -0.392 e. The first-order valence-corrected chi connectivity index (χ1v) is 8.64. The van der Waals surface area contributed by atoms with E-state index in [2.05, 4.69) is 16.4 Å². The number of rotatable bonds is 6. The van der Waals surface area contributed by atoms with Gasteiger partial charge in [-0.3, -0.25) is 0 Å². The van der Waals surface area contributed by atoms with Crippen molar-refractivity contribution < 1.29 is 8.42 Å². The van der Waals surface area contributed by atoms with Crippen molar-refractivity contribution in [1.29, 1.82) is 0 Å². The number of thiocarbonyl (C=S) groups is 1. The lowest BCUT2D eigenvalue weighted by atomic mass is 9.78. The molecule has 7 heteroatoms. The second kappa shape index (κ2) is 6.47. The van der Waals surface area contributed by atoms with Crippen LogP contribution in [0.1, 0.15) is 46.5 Å². The van der Waals surface area contributed by atoms with E-state index in [0.29, 0.717) is 25.3 Å². The van der Waals surface area contributed by atoms with Crippen molar-refractivity contribution in [1.82, 2.24) is 9.44 Å². The van der Waals surface area contributed by atoms with Crippen LogP contribution in [0.4, 0.5) is 0 Å². The average Bonchev–Trinajstić information content (AvgIpc) is 2.29. The largest absolute Gasteiger partial charge is 0.392 e. The van der Waals surface area contributed by atoms with Crippen molar-refractivity contribution >= 4 is 27.4 Å². The lowest BCUT2D eigenvalue weighted by molar-refractivity contribution is 0.288. The SMILES string of the molecule is CC(C)CNS(=O)(=O)NC1(C(N)=S)CCC(C)CC1. The fourth-order valence-corrected chi connectivity index (χ4v) is 4.00. The third-order valence-electron chi connectivity index (χ3n) is 3.61. The quantitative estimate of drug-likeness (QED) is 0.646. The highest BCUT2D eigenvalue weighted by atomic mass is 32.2. The van der Waals surface area contributed by atoms with Crippen LogP contribution in [0.2, 0.25) is 0 Å². The van der Waals surface area contributed by atoms with E-state index in [0.717, 1.165) is 12.8 Å². The minimum absolute atomic E-state index is 0.245. The monoisotopic (exact) mass is 307 g/mol. The van der Waals surface area contributed by atoms with Gasteiger partial charge in [0.1, 0.15) is 0 Å². The third-order valence-corrected chi connectivity index (χ3v) is 5.21. The van der Waals surface area contributed by atoms with Gasteiger partial charge < -0.3 is 5.73 Å². The fourth-order valence-electron chi connectivity index (χ4n) is 2.22. The Balaban J connectivity index is 2.76. The third kappa shape index (κ3) is 4.98. The Labute approximate surface area is 121 Å². The predicted molar refractivity (Wildman–Crippen MR) is 82.0 cm³/mol. The Kier molecular flexibility index (Phi) is 5.73. The number of nitrogens with two attached hydrogens (primary N) is 1. The van der Waals surface area contributed by atoms with Gasteiger partial charge in [0.15, 0.2) is 0 Å². The molecule has 0 radical (unpaired) electrons. The van der Waals surface area contributed by atoms with Gasteiger partial charge in [0.25, 0.3) is 10.2 Å². The number of hydrogen-bond donors (Lipinski definition) is 3. The second-order valence-electron chi connectivity index (χ2n) is 5.98. The molecule has 4 N–H and O–H groups in total. The molecular weight excluding hydrogens is 282 g/mol. The van der Waals surface area contributed by atoms with E-state index in [1.165, 1.54) is 0 Å². The Hall–Kier alpha value is -0.240. The summed E-state index contributed by atoms with van der Waals surface area (Å²) in [6.45, 7) is 6.47. The van der Waals surface area contributed by atoms with Crippen molar-refractivity contribution in [2.24, 2.45) is 17.6 Å². The molecule has 1 rings (SSSR count). The van der Waals surface area contributed by atoms with Crippen LogP contribution in [0, 0.1) is 11.8 Å². The summed E-state index contributed by atoms with van der Waals surface area (Å²) >= 11 is 5.09. The van der Waals surface area contributed by atoms with Crippen molar-refractivity contribution in [2.45, 2.75) is 52.0 Å². The van der Waals surface area contributed by atoms with Crippen LogP contribution >= 0.6 is 12.2 Å². The first-order valence-electron chi connectivity index (χ1n) is 6.75. The van der Waals surface area contributed by atoms with E-state index in [4.69, 9.17) is 18.0 Å². The molecule has 0 heterocycles. The van der Waals surface area contributed by atoms with Gasteiger partial charge in [-0.1, -0.05) is 33.0 Å². The highest BCUT2D eigenvalue weighted by Gasteiger charge is 2.40. The van der Waals surface area contributed by atoms with Gasteiger partial charge in [-0.2, -0.15) is 13.1 Å². The molecule has 19 heavy (non-hydrogen) atoms. The molecule has 0 saturated heterocycles. The van der Waals surface area contributed by atoms with Crippen molar-refractivity contribution in [3.8, 4) is 0 Å². The maximum absolute atomic E-state index is 12.1. The zero-order chi connectivity index (χ0) is 14.7. The summed E-state index contributed by atoms with van der Waals surface area (Å²) < 4.78 is 29.3. The molecule has 0 aromatic rings. The van der Waals surface area contributed by atoms with E-state index >= 15 is 0 Å². The smallest absolute Gasteiger partial charge is 0.277 e. The fraction of sp³-hybridized carbons (Fsp3) is 0.917. The van der Waals surface area contributed by atoms with Gasteiger partial charge in [0.2, 0.25) is 0 Å². The van der Waals surface area contributed by atoms with Crippen molar-refractivity contribution in [3.63, 3.8) is 0 Å². The average molecular weight is 307 g/mol. The van der Waals surface area contributed by atoms with Crippen LogP contribution in [-0.4, -0.2) is 25.5 Å². The molecule has 0 amide bonds. The molecule has 0 aliphatic heterocycles. The van der Waals surface area contributed by atoms with E-state index in [9.17, 15) is 8.42 Å². The maximum Gasteiger partial charge on any atom is 0.277 e. The summed E-state index contributed by atoms with van der Waals surface area (Å²) in [5.41, 5.74) is 5.03. The summed E-state index contributed by atoms with van der Waals surface area (Å²) in [7, 11) is -3.56. The van der Waals surface area contributed by atoms with E-state index in [1.807, 2.05) is 13.8 Å². The Morgan fingerprint density at radius 3 is 2.37 bits per heavy atom. The first-order chi connectivity index (χ1) is 8.67. The molecular formula is C12H25N3O2S2. The molecule has 0 atom stereocenters. The lowest BCUT2D eigenvalue weighted by Gasteiger charge is -2.38. The highest BCUT2D eigenvalue weighted by Crippen LogP contribution is 2.32. The first kappa shape index (κ1) is 16.8. The molecule has 1 aliphatic rings. The van der Waals surface area contributed by atoms with Crippen LogP contribution < -0.4 is 15.2 Å². The molecule has 112 valence electrons. The van der Waals surface area contributed by atoms with Crippen LogP contribution in [0.25, 0.3) is 0 Å². The van der Waals surface area contributed by atoms with Crippen LogP contribution in [0.5, 0.6) is 0 Å². The van der Waals surface area contributed by atoms with Gasteiger partial charge in [0.05, 0.1) is 10.5 Å². The Morgan fingerprint density at radius 1 is 1.42 bits per heavy atom. The molecule has 1 aliphatic carbocycles. The zero-order valence-electron chi connectivity index (χ0n) is 11.9. The standard InChI is InChI=1S/C12H25N3O2S2/c1-9(2)8-14-19(16,17)15-12(11(13)18)6-4-10(3)5-7-12/h9-10,14-15H,4-8H2,1-3H3,(H2,13,18). The van der Waals surface area contributed by atoms with Gasteiger partial charge in [-0.15, -0.1) is 0 Å². The number of nitrogens with one attached hydrogen (secondary N) is 2. The molecule has 1 fully saturated rings. The van der Waals surface area contributed by atoms with Gasteiger partial charge in [0, 0.05) is 6.54 Å². The second-order valence-corrected chi connectivity index (χ2v) is 7.92. The maximum atomic E-state index is 12.1. The van der Waals surface area contributed by atoms with E-state index in [-0.39, 0.29) is 10.9 Å². The van der Waals surface area contributed by atoms with Crippen molar-refractivity contribution in [2.75, 3.05) is 6.54 Å². The molecule has 1 saturated carbocycles. The summed E-state index contributed by atoms with van der Waals surface area (Å²) in [5.74, 6) is 0.847. The van der Waals surface area contributed by atoms with E-state index in [1.54, 1.807) is 0 Å². The Morgan fingerprint density at radius 2 is 1.95 bits per heavy atom. The molecule has 0 aromatic heterocycles. The van der Waals surface area contributed by atoms with Crippen LogP contribution in [0.15, 0.2) is 0 Å². The summed E-state index contributed by atoms with van der Waals surface area (Å²) in [4.78, 5) is 0.245. The van der Waals surface area contributed by atoms with Crippen molar-refractivity contribution in [3.05, 3.63) is 0 Å². The van der Waals surface area contributed by atoms with E-state index < -0.39 is 15.7 Å². The lowest BCUT2D eigenvalue weighted by Crippen LogP contribution is -2.60. The van der Waals surface area contributed by atoms with Gasteiger partial charge in [-0.05, 0) is 37.5 Å². The van der Waals surface area contributed by atoms with Gasteiger partial charge >= 0.3 is 0 Å². The molecule has 0 aromatic carbocycles. The Bertz CT molecular complexity index is 413. The zero-order valence-corrected chi connectivity index (χ0v) is 13.5. The summed E-state index contributed by atoms with van der Waals surface area (Å²) in [6, 6.07) is 0. The predicted octanol–water partition coefficient (Wildman–Crippen LogP) is 1.30. The molecule has 5 nitrogen and oxygen atoms in total. The topological polar surface area (TPSA) is 84.2 Å². The van der Waals surface area contributed by atoms with Gasteiger partial charge in [-0.25, -0.2) is 4.72 Å².